The molecule has 5 heteroatoms. The molecule has 0 aliphatic rings. The number of H-pyrrole nitrogens is 1. The summed E-state index contributed by atoms with van der Waals surface area (Å²) in [6, 6.07) is 23.1. The maximum Gasteiger partial charge on any atom is 0.231 e. The number of para-hydroxylation sites is 2. The molecule has 0 radical (unpaired) electrons. The number of benzene rings is 3. The molecule has 0 bridgehead atoms. The van der Waals surface area contributed by atoms with Crippen LogP contribution in [0.2, 0.25) is 0 Å². The molecule has 5 aromatic rings. The molecular formula is C19H14N4S. The second-order valence-corrected chi connectivity index (χ2v) is 6.64. The summed E-state index contributed by atoms with van der Waals surface area (Å²) < 4.78 is 2.09. The Morgan fingerprint density at radius 1 is 0.917 bits per heavy atom. The minimum absolute atomic E-state index is 0.789. The molecule has 0 amide bonds. The van der Waals surface area contributed by atoms with E-state index in [1.807, 2.05) is 18.2 Å². The van der Waals surface area contributed by atoms with E-state index in [1.54, 1.807) is 11.8 Å². The molecule has 2 aromatic heterocycles. The number of aromatic nitrogens is 4. The summed E-state index contributed by atoms with van der Waals surface area (Å²) in [6.45, 7) is 0. The summed E-state index contributed by atoms with van der Waals surface area (Å²) in [5, 5.41) is 11.0. The Morgan fingerprint density at radius 3 is 2.75 bits per heavy atom. The number of fused-ring (bicyclic) bond motifs is 4. The third kappa shape index (κ3) is 2.09. The molecule has 0 fully saturated rings. The van der Waals surface area contributed by atoms with E-state index in [0.717, 1.165) is 27.7 Å². The van der Waals surface area contributed by atoms with Gasteiger partial charge in [-0.05, 0) is 28.5 Å². The van der Waals surface area contributed by atoms with Crippen LogP contribution in [0.1, 0.15) is 5.56 Å². The number of rotatable bonds is 3. The van der Waals surface area contributed by atoms with E-state index >= 15 is 0 Å². The molecule has 0 atom stereocenters. The molecule has 3 aromatic carbocycles. The number of nitrogens with one attached hydrogen (secondary N) is 1. The zero-order valence-corrected chi connectivity index (χ0v) is 13.6. The van der Waals surface area contributed by atoms with Crippen LogP contribution in [0.15, 0.2) is 71.9 Å². The topological polar surface area (TPSA) is 46.0 Å². The molecule has 1 N–H and O–H groups in total. The van der Waals surface area contributed by atoms with Crippen LogP contribution in [-0.4, -0.2) is 19.6 Å². The highest BCUT2D eigenvalue weighted by Crippen LogP contribution is 2.28. The van der Waals surface area contributed by atoms with Crippen molar-refractivity contribution in [3.8, 4) is 0 Å². The summed E-state index contributed by atoms with van der Waals surface area (Å²) in [6.07, 6.45) is 0. The fraction of sp³-hybridized carbons (Fsp3) is 0.0526. The monoisotopic (exact) mass is 330 g/mol. The third-order valence-corrected chi connectivity index (χ3v) is 5.23. The van der Waals surface area contributed by atoms with Crippen molar-refractivity contribution in [2.24, 2.45) is 0 Å². The second-order valence-electron chi connectivity index (χ2n) is 5.69. The third-order valence-electron chi connectivity index (χ3n) is 4.24. The van der Waals surface area contributed by atoms with Gasteiger partial charge < -0.3 is 0 Å². The lowest BCUT2D eigenvalue weighted by Crippen LogP contribution is -1.88. The highest BCUT2D eigenvalue weighted by Gasteiger charge is 2.12. The van der Waals surface area contributed by atoms with Gasteiger partial charge in [0.05, 0.1) is 11.0 Å². The Kier molecular flexibility index (Phi) is 3.06. The van der Waals surface area contributed by atoms with Crippen LogP contribution in [0.4, 0.5) is 0 Å². The van der Waals surface area contributed by atoms with Crippen molar-refractivity contribution in [3.63, 3.8) is 0 Å². The highest BCUT2D eigenvalue weighted by atomic mass is 32.2. The van der Waals surface area contributed by atoms with Gasteiger partial charge in [-0.2, -0.15) is 0 Å². The number of imidazole rings is 1. The normalized spacial score (nSPS) is 11.7. The highest BCUT2D eigenvalue weighted by molar-refractivity contribution is 7.98. The van der Waals surface area contributed by atoms with Gasteiger partial charge in [-0.1, -0.05) is 66.4 Å². The summed E-state index contributed by atoms with van der Waals surface area (Å²) in [7, 11) is 0. The molecule has 0 spiro atoms. The second kappa shape index (κ2) is 5.39. The first-order valence-electron chi connectivity index (χ1n) is 7.81. The predicted molar refractivity (Wildman–Crippen MR) is 98.4 cm³/mol. The molecular weight excluding hydrogens is 316 g/mol. The first kappa shape index (κ1) is 13.6. The van der Waals surface area contributed by atoms with Gasteiger partial charge in [0, 0.05) is 5.75 Å². The van der Waals surface area contributed by atoms with Crippen LogP contribution in [-0.2, 0) is 5.75 Å². The van der Waals surface area contributed by atoms with Crippen LogP contribution in [0, 0.1) is 0 Å². The Balaban J connectivity index is 1.55. The van der Waals surface area contributed by atoms with E-state index in [-0.39, 0.29) is 0 Å². The van der Waals surface area contributed by atoms with Crippen molar-refractivity contribution in [3.05, 3.63) is 72.3 Å². The predicted octanol–water partition coefficient (Wildman–Crippen LogP) is 4.66. The van der Waals surface area contributed by atoms with Gasteiger partial charge in [0.25, 0.3) is 0 Å². The maximum atomic E-state index is 4.57. The van der Waals surface area contributed by atoms with Crippen molar-refractivity contribution in [2.75, 3.05) is 0 Å². The molecule has 4 nitrogen and oxygen atoms in total. The first-order chi connectivity index (χ1) is 11.9. The summed E-state index contributed by atoms with van der Waals surface area (Å²) in [5.74, 6) is 1.66. The van der Waals surface area contributed by atoms with Crippen LogP contribution < -0.4 is 0 Å². The molecule has 0 aliphatic heterocycles. The number of hydrogen-bond acceptors (Lipinski definition) is 3. The summed E-state index contributed by atoms with van der Waals surface area (Å²) >= 11 is 1.72. The SMILES string of the molecule is c1ccc2c(CSc3n[nH]c4nc5ccccc5n34)cccc2c1. The van der Waals surface area contributed by atoms with Crippen molar-refractivity contribution < 1.29 is 0 Å². The van der Waals surface area contributed by atoms with E-state index in [4.69, 9.17) is 0 Å². The molecule has 5 rings (SSSR count). The molecule has 0 saturated carbocycles. The number of hydrogen-bond donors (Lipinski definition) is 1. The average Bonchev–Trinajstić information content (AvgIpc) is 3.19. The van der Waals surface area contributed by atoms with Crippen LogP contribution in [0.5, 0.6) is 0 Å². The summed E-state index contributed by atoms with van der Waals surface area (Å²) in [5.41, 5.74) is 3.39. The Hall–Kier alpha value is -2.79. The number of thioether (sulfide) groups is 1. The average molecular weight is 330 g/mol. The first-order valence-corrected chi connectivity index (χ1v) is 8.80. The molecule has 0 aliphatic carbocycles. The fourth-order valence-corrected chi connectivity index (χ4v) is 4.06. The van der Waals surface area contributed by atoms with Gasteiger partial charge >= 0.3 is 0 Å². The molecule has 0 saturated heterocycles. The van der Waals surface area contributed by atoms with Gasteiger partial charge in [-0.25, -0.2) is 10.1 Å². The van der Waals surface area contributed by atoms with Crippen LogP contribution in [0.3, 0.4) is 0 Å². The van der Waals surface area contributed by atoms with Gasteiger partial charge in [0.15, 0.2) is 5.16 Å². The zero-order valence-electron chi connectivity index (χ0n) is 12.8. The molecule has 0 unspecified atom stereocenters. The van der Waals surface area contributed by atoms with E-state index < -0.39 is 0 Å². The molecule has 2 heterocycles. The Bertz CT molecular complexity index is 1170. The van der Waals surface area contributed by atoms with Crippen molar-refractivity contribution in [1.29, 1.82) is 0 Å². The maximum absolute atomic E-state index is 4.57. The van der Waals surface area contributed by atoms with E-state index in [2.05, 4.69) is 68.1 Å². The van der Waals surface area contributed by atoms with Crippen molar-refractivity contribution >= 4 is 39.3 Å². The Labute approximate surface area is 142 Å². The summed E-state index contributed by atoms with van der Waals surface area (Å²) in [4.78, 5) is 4.57. The van der Waals surface area contributed by atoms with E-state index in [1.165, 1.54) is 16.3 Å². The van der Waals surface area contributed by atoms with Crippen molar-refractivity contribution in [2.45, 2.75) is 10.9 Å². The number of aromatic amines is 1. The minimum Gasteiger partial charge on any atom is -0.254 e. The van der Waals surface area contributed by atoms with Gasteiger partial charge in [0.2, 0.25) is 5.78 Å². The van der Waals surface area contributed by atoms with E-state index in [9.17, 15) is 0 Å². The van der Waals surface area contributed by atoms with E-state index in [0.29, 0.717) is 0 Å². The van der Waals surface area contributed by atoms with Crippen LogP contribution in [0.25, 0.3) is 27.6 Å². The van der Waals surface area contributed by atoms with Gasteiger partial charge in [-0.3, -0.25) is 4.40 Å². The minimum atomic E-state index is 0.789. The largest absolute Gasteiger partial charge is 0.254 e. The fourth-order valence-electron chi connectivity index (χ4n) is 3.10. The molecule has 24 heavy (non-hydrogen) atoms. The van der Waals surface area contributed by atoms with Crippen molar-refractivity contribution in [1.82, 2.24) is 19.6 Å². The Morgan fingerprint density at radius 2 is 1.75 bits per heavy atom. The van der Waals surface area contributed by atoms with Gasteiger partial charge in [-0.15, -0.1) is 5.10 Å². The molecule has 116 valence electrons. The lowest BCUT2D eigenvalue weighted by molar-refractivity contribution is 0.940. The quantitative estimate of drug-likeness (QED) is 0.490. The smallest absolute Gasteiger partial charge is 0.231 e. The number of nitrogens with zero attached hydrogens (tertiary/aromatic N) is 3. The standard InChI is InChI=1S/C19H14N4S/c1-2-9-15-13(6-1)7-5-8-14(15)12-24-19-22-21-18-20-16-10-3-4-11-17(16)23(18)19/h1-11H,12H2,(H,20,21). The lowest BCUT2D eigenvalue weighted by atomic mass is 10.1. The van der Waals surface area contributed by atoms with Gasteiger partial charge in [0.1, 0.15) is 0 Å². The lowest BCUT2D eigenvalue weighted by Gasteiger charge is -2.05. The zero-order chi connectivity index (χ0) is 15.9. The van der Waals surface area contributed by atoms with Crippen LogP contribution >= 0.6 is 11.8 Å².